The second kappa shape index (κ2) is 6.33. The fourth-order valence-electron chi connectivity index (χ4n) is 2.24. The zero-order chi connectivity index (χ0) is 13.7. The van der Waals surface area contributed by atoms with Gasteiger partial charge in [-0.25, -0.2) is 0 Å². The second-order valence-corrected chi connectivity index (χ2v) is 4.85. The number of benzene rings is 1. The first-order valence-electron chi connectivity index (χ1n) is 6.54. The van der Waals surface area contributed by atoms with Crippen molar-refractivity contribution in [3.05, 3.63) is 29.8 Å². The standard InChI is InChI=1S/C14H19N3O2/c15-13(18)9-10-1-3-12(4-2-10)17-14(19)11-5-7-16-8-6-11/h1-4,11,16H,5-9H2,(H2,15,18)(H,17,19). The van der Waals surface area contributed by atoms with Crippen LogP contribution in [-0.4, -0.2) is 24.9 Å². The summed E-state index contributed by atoms with van der Waals surface area (Å²) in [6.45, 7) is 1.80. The summed E-state index contributed by atoms with van der Waals surface area (Å²) in [4.78, 5) is 22.8. The van der Waals surface area contributed by atoms with Gasteiger partial charge in [-0.2, -0.15) is 0 Å². The molecular weight excluding hydrogens is 242 g/mol. The first-order chi connectivity index (χ1) is 9.15. The molecule has 1 heterocycles. The van der Waals surface area contributed by atoms with E-state index in [1.807, 2.05) is 12.1 Å². The molecule has 5 nitrogen and oxygen atoms in total. The molecular formula is C14H19N3O2. The van der Waals surface area contributed by atoms with Crippen LogP contribution in [-0.2, 0) is 16.0 Å². The minimum atomic E-state index is -0.355. The summed E-state index contributed by atoms with van der Waals surface area (Å²) in [5.41, 5.74) is 6.74. The highest BCUT2D eigenvalue weighted by atomic mass is 16.2. The van der Waals surface area contributed by atoms with Crippen molar-refractivity contribution in [2.45, 2.75) is 19.3 Å². The van der Waals surface area contributed by atoms with E-state index in [9.17, 15) is 9.59 Å². The highest BCUT2D eigenvalue weighted by Gasteiger charge is 2.20. The number of nitrogens with two attached hydrogens (primary N) is 1. The summed E-state index contributed by atoms with van der Waals surface area (Å²) in [5.74, 6) is -0.192. The van der Waals surface area contributed by atoms with Crippen molar-refractivity contribution in [3.63, 3.8) is 0 Å². The van der Waals surface area contributed by atoms with Crippen molar-refractivity contribution >= 4 is 17.5 Å². The SMILES string of the molecule is NC(=O)Cc1ccc(NC(=O)C2CCNCC2)cc1. The van der Waals surface area contributed by atoms with Crippen LogP contribution in [0.1, 0.15) is 18.4 Å². The Kier molecular flexibility index (Phi) is 4.52. The summed E-state index contributed by atoms with van der Waals surface area (Å²) in [7, 11) is 0. The number of carbonyl (C=O) groups excluding carboxylic acids is 2. The Morgan fingerprint density at radius 2 is 1.84 bits per heavy atom. The van der Waals surface area contributed by atoms with Crippen molar-refractivity contribution in [2.75, 3.05) is 18.4 Å². The van der Waals surface area contributed by atoms with Crippen molar-refractivity contribution < 1.29 is 9.59 Å². The largest absolute Gasteiger partial charge is 0.369 e. The van der Waals surface area contributed by atoms with Crippen LogP contribution in [0, 0.1) is 5.92 Å². The van der Waals surface area contributed by atoms with Gasteiger partial charge in [-0.1, -0.05) is 12.1 Å². The number of carbonyl (C=O) groups is 2. The first-order valence-corrected chi connectivity index (χ1v) is 6.54. The van der Waals surface area contributed by atoms with Gasteiger partial charge in [-0.05, 0) is 43.6 Å². The van der Waals surface area contributed by atoms with Crippen LogP contribution in [0.3, 0.4) is 0 Å². The zero-order valence-corrected chi connectivity index (χ0v) is 10.8. The van der Waals surface area contributed by atoms with Gasteiger partial charge < -0.3 is 16.4 Å². The van der Waals surface area contributed by atoms with Gasteiger partial charge in [0.25, 0.3) is 0 Å². The summed E-state index contributed by atoms with van der Waals surface area (Å²) in [6.07, 6.45) is 1.99. The molecule has 0 bridgehead atoms. The molecule has 102 valence electrons. The Hall–Kier alpha value is -1.88. The van der Waals surface area contributed by atoms with E-state index >= 15 is 0 Å². The Bertz CT molecular complexity index is 450. The summed E-state index contributed by atoms with van der Waals surface area (Å²) < 4.78 is 0. The molecule has 0 radical (unpaired) electrons. The maximum atomic E-state index is 12.0. The molecule has 0 aliphatic carbocycles. The van der Waals surface area contributed by atoms with Crippen LogP contribution < -0.4 is 16.4 Å². The molecule has 1 aromatic rings. The number of anilines is 1. The van der Waals surface area contributed by atoms with E-state index in [1.165, 1.54) is 0 Å². The van der Waals surface area contributed by atoms with Crippen molar-refractivity contribution in [1.29, 1.82) is 0 Å². The van der Waals surface area contributed by atoms with Gasteiger partial charge in [0.1, 0.15) is 0 Å². The first kappa shape index (κ1) is 13.5. The molecule has 0 spiro atoms. The lowest BCUT2D eigenvalue weighted by Crippen LogP contribution is -2.34. The third kappa shape index (κ3) is 4.06. The fraction of sp³-hybridized carbons (Fsp3) is 0.429. The normalized spacial score (nSPS) is 16.0. The third-order valence-electron chi connectivity index (χ3n) is 3.31. The monoisotopic (exact) mass is 261 g/mol. The van der Waals surface area contributed by atoms with E-state index in [0.29, 0.717) is 0 Å². The molecule has 0 saturated carbocycles. The number of nitrogens with one attached hydrogen (secondary N) is 2. The molecule has 1 aliphatic heterocycles. The smallest absolute Gasteiger partial charge is 0.227 e. The number of amides is 2. The summed E-state index contributed by atoms with van der Waals surface area (Å²) in [6, 6.07) is 7.22. The highest BCUT2D eigenvalue weighted by Crippen LogP contribution is 2.16. The number of hydrogen-bond donors (Lipinski definition) is 3. The Morgan fingerprint density at radius 1 is 1.21 bits per heavy atom. The lowest BCUT2D eigenvalue weighted by molar-refractivity contribution is -0.120. The number of primary amides is 1. The van der Waals surface area contributed by atoms with Crippen LogP contribution in [0.4, 0.5) is 5.69 Å². The van der Waals surface area contributed by atoms with E-state index < -0.39 is 0 Å². The number of hydrogen-bond acceptors (Lipinski definition) is 3. The molecule has 0 aromatic heterocycles. The maximum Gasteiger partial charge on any atom is 0.227 e. The van der Waals surface area contributed by atoms with Gasteiger partial charge in [-0.15, -0.1) is 0 Å². The predicted molar refractivity (Wildman–Crippen MR) is 73.6 cm³/mol. The summed E-state index contributed by atoms with van der Waals surface area (Å²) >= 11 is 0. The van der Waals surface area contributed by atoms with Gasteiger partial charge in [-0.3, -0.25) is 9.59 Å². The van der Waals surface area contributed by atoms with E-state index in [-0.39, 0.29) is 24.2 Å². The van der Waals surface area contributed by atoms with Gasteiger partial charge in [0.2, 0.25) is 11.8 Å². The minimum Gasteiger partial charge on any atom is -0.369 e. The van der Waals surface area contributed by atoms with E-state index in [0.717, 1.165) is 37.2 Å². The second-order valence-electron chi connectivity index (χ2n) is 4.85. The average Bonchev–Trinajstić information content (AvgIpc) is 2.41. The average molecular weight is 261 g/mol. The summed E-state index contributed by atoms with van der Waals surface area (Å²) in [5, 5.41) is 6.14. The van der Waals surface area contributed by atoms with E-state index in [4.69, 9.17) is 5.73 Å². The topological polar surface area (TPSA) is 84.2 Å². The van der Waals surface area contributed by atoms with Crippen LogP contribution in [0.15, 0.2) is 24.3 Å². The van der Waals surface area contributed by atoms with Crippen molar-refractivity contribution in [2.24, 2.45) is 11.7 Å². The molecule has 1 aliphatic rings. The predicted octanol–water partition coefficient (Wildman–Crippen LogP) is 0.652. The quantitative estimate of drug-likeness (QED) is 0.744. The van der Waals surface area contributed by atoms with Crippen LogP contribution in [0.2, 0.25) is 0 Å². The molecule has 5 heteroatoms. The number of piperidine rings is 1. The van der Waals surface area contributed by atoms with Crippen LogP contribution >= 0.6 is 0 Å². The lowest BCUT2D eigenvalue weighted by Gasteiger charge is -2.21. The molecule has 1 fully saturated rings. The molecule has 2 amide bonds. The highest BCUT2D eigenvalue weighted by molar-refractivity contribution is 5.92. The number of rotatable bonds is 4. The van der Waals surface area contributed by atoms with Gasteiger partial charge in [0, 0.05) is 11.6 Å². The molecule has 1 aromatic carbocycles. The molecule has 0 unspecified atom stereocenters. The van der Waals surface area contributed by atoms with Gasteiger partial charge >= 0.3 is 0 Å². The fourth-order valence-corrected chi connectivity index (χ4v) is 2.24. The van der Waals surface area contributed by atoms with Gasteiger partial charge in [0.05, 0.1) is 6.42 Å². The van der Waals surface area contributed by atoms with Crippen molar-refractivity contribution in [3.8, 4) is 0 Å². The molecule has 4 N–H and O–H groups in total. The zero-order valence-electron chi connectivity index (χ0n) is 10.8. The maximum absolute atomic E-state index is 12.0. The Labute approximate surface area is 112 Å². The third-order valence-corrected chi connectivity index (χ3v) is 3.31. The molecule has 1 saturated heterocycles. The van der Waals surface area contributed by atoms with Crippen LogP contribution in [0.5, 0.6) is 0 Å². The Morgan fingerprint density at radius 3 is 2.42 bits per heavy atom. The van der Waals surface area contributed by atoms with Gasteiger partial charge in [0.15, 0.2) is 0 Å². The van der Waals surface area contributed by atoms with E-state index in [2.05, 4.69) is 10.6 Å². The van der Waals surface area contributed by atoms with E-state index in [1.54, 1.807) is 12.1 Å². The minimum absolute atomic E-state index is 0.0733. The molecule has 2 rings (SSSR count). The lowest BCUT2D eigenvalue weighted by atomic mass is 9.97. The van der Waals surface area contributed by atoms with Crippen LogP contribution in [0.25, 0.3) is 0 Å². The Balaban J connectivity index is 1.91. The molecule has 19 heavy (non-hydrogen) atoms. The molecule has 0 atom stereocenters. The van der Waals surface area contributed by atoms with Crippen molar-refractivity contribution in [1.82, 2.24) is 5.32 Å².